The van der Waals surface area contributed by atoms with Gasteiger partial charge in [-0.3, -0.25) is 4.79 Å². The molecule has 0 unspecified atom stereocenters. The number of amides is 2. The molecule has 1 aliphatic heterocycles. The van der Waals surface area contributed by atoms with E-state index in [1.807, 2.05) is 14.1 Å². The Bertz CT molecular complexity index is 600. The van der Waals surface area contributed by atoms with Gasteiger partial charge >= 0.3 is 6.09 Å². The number of rotatable bonds is 8. The fourth-order valence-electron chi connectivity index (χ4n) is 2.82. The van der Waals surface area contributed by atoms with Crippen molar-refractivity contribution in [2.24, 2.45) is 0 Å². The maximum atomic E-state index is 12.1. The van der Waals surface area contributed by atoms with Gasteiger partial charge in [-0.2, -0.15) is 0 Å². The van der Waals surface area contributed by atoms with E-state index >= 15 is 0 Å². The first-order valence-corrected chi connectivity index (χ1v) is 9.42. The Morgan fingerprint density at radius 3 is 2.52 bits per heavy atom. The van der Waals surface area contributed by atoms with Crippen LogP contribution >= 0.6 is 0 Å². The van der Waals surface area contributed by atoms with Crippen molar-refractivity contribution in [1.82, 2.24) is 25.1 Å². The highest BCUT2D eigenvalue weighted by Crippen LogP contribution is 2.15. The van der Waals surface area contributed by atoms with Crippen LogP contribution in [0.3, 0.4) is 0 Å². The molecule has 2 amide bonds. The van der Waals surface area contributed by atoms with Crippen LogP contribution in [-0.2, 0) is 4.74 Å². The van der Waals surface area contributed by atoms with Gasteiger partial charge in [-0.15, -0.1) is 0 Å². The number of nitrogens with one attached hydrogen (secondary N) is 2. The quantitative estimate of drug-likeness (QED) is 0.656. The minimum absolute atomic E-state index is 0.164. The normalized spacial score (nSPS) is 14.9. The van der Waals surface area contributed by atoms with Crippen LogP contribution in [0, 0.1) is 0 Å². The van der Waals surface area contributed by atoms with Crippen LogP contribution in [0.15, 0.2) is 12.4 Å². The first kappa shape index (κ1) is 20.9. The molecule has 0 aromatic carbocycles. The van der Waals surface area contributed by atoms with Crippen LogP contribution in [0.4, 0.5) is 10.7 Å². The van der Waals surface area contributed by atoms with Gasteiger partial charge in [0.2, 0.25) is 5.95 Å². The second-order valence-electron chi connectivity index (χ2n) is 6.81. The van der Waals surface area contributed by atoms with Crippen molar-refractivity contribution in [3.05, 3.63) is 18.0 Å². The van der Waals surface area contributed by atoms with Gasteiger partial charge in [-0.05, 0) is 46.8 Å². The highest BCUT2D eigenvalue weighted by Gasteiger charge is 2.23. The van der Waals surface area contributed by atoms with Crippen molar-refractivity contribution in [3.8, 4) is 0 Å². The van der Waals surface area contributed by atoms with Crippen LogP contribution in [0.25, 0.3) is 0 Å². The number of likely N-dealkylation sites (tertiary alicyclic amines) is 1. The van der Waals surface area contributed by atoms with Gasteiger partial charge in [-0.1, -0.05) is 0 Å². The maximum Gasteiger partial charge on any atom is 0.409 e. The molecule has 1 aromatic rings. The van der Waals surface area contributed by atoms with Gasteiger partial charge in [0.1, 0.15) is 0 Å². The SMILES string of the molecule is CCOC(=O)N1CCC(Nc2ncc(C(=O)NCCCN(C)C)cn2)CC1. The Morgan fingerprint density at radius 1 is 1.26 bits per heavy atom. The summed E-state index contributed by atoms with van der Waals surface area (Å²) in [6, 6.07) is 0.196. The van der Waals surface area contributed by atoms with E-state index in [0.717, 1.165) is 25.8 Å². The minimum atomic E-state index is -0.256. The molecule has 2 rings (SSSR count). The van der Waals surface area contributed by atoms with Crippen molar-refractivity contribution >= 4 is 17.9 Å². The summed E-state index contributed by atoms with van der Waals surface area (Å²) in [5.74, 6) is 0.330. The summed E-state index contributed by atoms with van der Waals surface area (Å²) < 4.78 is 5.02. The highest BCUT2D eigenvalue weighted by molar-refractivity contribution is 5.93. The van der Waals surface area contributed by atoms with E-state index in [-0.39, 0.29) is 18.0 Å². The lowest BCUT2D eigenvalue weighted by molar-refractivity contribution is 0.0950. The molecular formula is C18H30N6O3. The van der Waals surface area contributed by atoms with Crippen LogP contribution in [0.5, 0.6) is 0 Å². The summed E-state index contributed by atoms with van der Waals surface area (Å²) in [6.07, 6.45) is 5.30. The van der Waals surface area contributed by atoms with Crippen molar-refractivity contribution < 1.29 is 14.3 Å². The molecule has 1 fully saturated rings. The fourth-order valence-corrected chi connectivity index (χ4v) is 2.82. The topological polar surface area (TPSA) is 99.7 Å². The number of carbonyl (C=O) groups is 2. The largest absolute Gasteiger partial charge is 0.450 e. The number of hydrogen-bond donors (Lipinski definition) is 2. The van der Waals surface area contributed by atoms with E-state index in [2.05, 4.69) is 25.5 Å². The average Bonchev–Trinajstić information content (AvgIpc) is 2.66. The molecule has 27 heavy (non-hydrogen) atoms. The number of hydrogen-bond acceptors (Lipinski definition) is 7. The first-order valence-electron chi connectivity index (χ1n) is 9.42. The zero-order valence-corrected chi connectivity index (χ0v) is 16.4. The van der Waals surface area contributed by atoms with E-state index in [9.17, 15) is 9.59 Å². The second kappa shape index (κ2) is 10.7. The molecule has 9 nitrogen and oxygen atoms in total. The Kier molecular flexibility index (Phi) is 8.25. The molecule has 0 bridgehead atoms. The number of anilines is 1. The third-order valence-electron chi connectivity index (χ3n) is 4.34. The van der Waals surface area contributed by atoms with Gasteiger partial charge in [0.05, 0.1) is 12.2 Å². The summed E-state index contributed by atoms with van der Waals surface area (Å²) >= 11 is 0. The summed E-state index contributed by atoms with van der Waals surface area (Å²) in [5, 5.41) is 6.13. The highest BCUT2D eigenvalue weighted by atomic mass is 16.6. The van der Waals surface area contributed by atoms with E-state index in [1.165, 1.54) is 12.4 Å². The van der Waals surface area contributed by atoms with Crippen LogP contribution in [0.1, 0.15) is 36.5 Å². The molecule has 1 aliphatic rings. The van der Waals surface area contributed by atoms with Gasteiger partial charge in [0.25, 0.3) is 5.91 Å². The first-order chi connectivity index (χ1) is 13.0. The van der Waals surface area contributed by atoms with E-state index in [1.54, 1.807) is 11.8 Å². The zero-order valence-electron chi connectivity index (χ0n) is 16.4. The molecule has 0 spiro atoms. The van der Waals surface area contributed by atoms with Gasteiger partial charge < -0.3 is 25.2 Å². The zero-order chi connectivity index (χ0) is 19.6. The van der Waals surface area contributed by atoms with Gasteiger partial charge in [0.15, 0.2) is 0 Å². The fraction of sp³-hybridized carbons (Fsp3) is 0.667. The third-order valence-corrected chi connectivity index (χ3v) is 4.34. The summed E-state index contributed by atoms with van der Waals surface area (Å²) in [6.45, 7) is 5.02. The second-order valence-corrected chi connectivity index (χ2v) is 6.81. The van der Waals surface area contributed by atoms with E-state index in [0.29, 0.717) is 37.8 Å². The molecule has 1 aromatic heterocycles. The lowest BCUT2D eigenvalue weighted by Gasteiger charge is -2.31. The van der Waals surface area contributed by atoms with Crippen molar-refractivity contribution in [1.29, 1.82) is 0 Å². The van der Waals surface area contributed by atoms with Gasteiger partial charge in [-0.25, -0.2) is 14.8 Å². The molecule has 0 aliphatic carbocycles. The summed E-state index contributed by atoms with van der Waals surface area (Å²) in [4.78, 5) is 36.0. The number of nitrogens with zero attached hydrogens (tertiary/aromatic N) is 4. The van der Waals surface area contributed by atoms with Crippen molar-refractivity contribution in [2.75, 3.05) is 52.2 Å². The Labute approximate surface area is 160 Å². The Hall–Kier alpha value is -2.42. The number of piperidine rings is 1. The Balaban J connectivity index is 1.74. The smallest absolute Gasteiger partial charge is 0.409 e. The molecule has 1 saturated heterocycles. The summed E-state index contributed by atoms with van der Waals surface area (Å²) in [5.41, 5.74) is 0.447. The predicted octanol–water partition coefficient (Wildman–Crippen LogP) is 1.19. The monoisotopic (exact) mass is 378 g/mol. The Morgan fingerprint density at radius 2 is 1.93 bits per heavy atom. The van der Waals surface area contributed by atoms with Gasteiger partial charge in [0, 0.05) is 38.1 Å². The summed E-state index contributed by atoms with van der Waals surface area (Å²) in [7, 11) is 4.00. The van der Waals surface area contributed by atoms with Crippen molar-refractivity contribution in [3.63, 3.8) is 0 Å². The number of aromatic nitrogens is 2. The lowest BCUT2D eigenvalue weighted by Crippen LogP contribution is -2.42. The molecular weight excluding hydrogens is 348 g/mol. The maximum absolute atomic E-state index is 12.1. The molecule has 2 heterocycles. The average molecular weight is 378 g/mol. The molecule has 9 heteroatoms. The molecule has 0 saturated carbocycles. The third kappa shape index (κ3) is 7.01. The van der Waals surface area contributed by atoms with Crippen LogP contribution in [0.2, 0.25) is 0 Å². The minimum Gasteiger partial charge on any atom is -0.450 e. The van der Waals surface area contributed by atoms with Crippen molar-refractivity contribution in [2.45, 2.75) is 32.2 Å². The molecule has 0 radical (unpaired) electrons. The number of carbonyl (C=O) groups excluding carboxylic acids is 2. The van der Waals surface area contributed by atoms with E-state index in [4.69, 9.17) is 4.74 Å². The van der Waals surface area contributed by atoms with Crippen LogP contribution in [-0.4, -0.2) is 84.7 Å². The molecule has 150 valence electrons. The van der Waals surface area contributed by atoms with E-state index < -0.39 is 0 Å². The predicted molar refractivity (Wildman–Crippen MR) is 103 cm³/mol. The number of ether oxygens (including phenoxy) is 1. The molecule has 0 atom stereocenters. The van der Waals surface area contributed by atoms with Crippen LogP contribution < -0.4 is 10.6 Å². The lowest BCUT2D eigenvalue weighted by atomic mass is 10.1. The molecule has 2 N–H and O–H groups in total. The standard InChI is InChI=1S/C18H30N6O3/c1-4-27-18(26)24-10-6-15(7-11-24)22-17-20-12-14(13-21-17)16(25)19-8-5-9-23(2)3/h12-13,15H,4-11H2,1-3H3,(H,19,25)(H,20,21,22).